The molecule has 5 nitrogen and oxygen atoms in total. The van der Waals surface area contributed by atoms with Crippen molar-refractivity contribution in [3.63, 3.8) is 0 Å². The average molecular weight is 413 g/mol. The molecule has 4 rings (SSSR count). The monoisotopic (exact) mass is 412 g/mol. The van der Waals surface area contributed by atoms with Gasteiger partial charge in [0.25, 0.3) is 0 Å². The topological polar surface area (TPSA) is 58.6 Å². The highest BCUT2D eigenvalue weighted by atomic mass is 16.5. The predicted octanol–water partition coefficient (Wildman–Crippen LogP) is 5.07. The van der Waals surface area contributed by atoms with E-state index in [4.69, 9.17) is 4.74 Å². The van der Waals surface area contributed by atoms with Gasteiger partial charge in [-0.1, -0.05) is 44.7 Å². The first-order valence-electron chi connectivity index (χ1n) is 12.0. The van der Waals surface area contributed by atoms with Gasteiger partial charge in [0, 0.05) is 37.0 Å². The number of unbranched alkanes of at least 4 members (excludes halogenated alkanes) is 2. The van der Waals surface area contributed by atoms with Gasteiger partial charge in [0.15, 0.2) is 0 Å². The molecule has 2 saturated heterocycles. The van der Waals surface area contributed by atoms with Gasteiger partial charge in [-0.3, -0.25) is 9.59 Å². The third kappa shape index (κ3) is 5.05. The van der Waals surface area contributed by atoms with Crippen LogP contribution in [0.25, 0.3) is 0 Å². The third-order valence-corrected chi connectivity index (χ3v) is 7.09. The van der Waals surface area contributed by atoms with Crippen molar-refractivity contribution in [2.45, 2.75) is 83.3 Å². The molecule has 0 bridgehead atoms. The number of benzene rings is 1. The normalized spacial score (nSPS) is 26.6. The molecular weight excluding hydrogens is 376 g/mol. The molecule has 5 heteroatoms. The number of rotatable bonds is 7. The molecule has 1 saturated carbocycles. The minimum Gasteiger partial charge on any atom is -0.370 e. The van der Waals surface area contributed by atoms with Crippen molar-refractivity contribution in [1.29, 1.82) is 0 Å². The summed E-state index contributed by atoms with van der Waals surface area (Å²) >= 11 is 0. The van der Waals surface area contributed by atoms with E-state index in [1.807, 2.05) is 12.1 Å². The molecule has 3 aliphatic rings. The van der Waals surface area contributed by atoms with Crippen molar-refractivity contribution in [2.24, 2.45) is 11.8 Å². The fourth-order valence-corrected chi connectivity index (χ4v) is 5.38. The van der Waals surface area contributed by atoms with Gasteiger partial charge in [0.2, 0.25) is 11.8 Å². The second-order valence-corrected chi connectivity index (χ2v) is 9.34. The van der Waals surface area contributed by atoms with Gasteiger partial charge < -0.3 is 15.0 Å². The average Bonchev–Trinajstić information content (AvgIpc) is 3.43. The molecule has 2 heterocycles. The first-order chi connectivity index (χ1) is 14.6. The van der Waals surface area contributed by atoms with Crippen LogP contribution in [0.4, 0.5) is 5.69 Å². The van der Waals surface area contributed by atoms with E-state index in [-0.39, 0.29) is 24.0 Å². The lowest BCUT2D eigenvalue weighted by Crippen LogP contribution is -2.46. The lowest BCUT2D eigenvalue weighted by molar-refractivity contribution is -0.138. The Morgan fingerprint density at radius 3 is 2.80 bits per heavy atom. The van der Waals surface area contributed by atoms with Crippen LogP contribution in [0, 0.1) is 11.8 Å². The van der Waals surface area contributed by atoms with Crippen molar-refractivity contribution >= 4 is 17.5 Å². The number of likely N-dealkylation sites (tertiary alicyclic amines) is 1. The van der Waals surface area contributed by atoms with Gasteiger partial charge in [-0.15, -0.1) is 0 Å². The summed E-state index contributed by atoms with van der Waals surface area (Å²) in [5, 5.41) is 3.03. The first kappa shape index (κ1) is 21.4. The molecule has 3 atom stereocenters. The highest BCUT2D eigenvalue weighted by Gasteiger charge is 2.41. The quantitative estimate of drug-likeness (QED) is 0.636. The molecule has 3 fully saturated rings. The van der Waals surface area contributed by atoms with Crippen molar-refractivity contribution in [3.8, 4) is 0 Å². The molecule has 0 unspecified atom stereocenters. The van der Waals surface area contributed by atoms with Crippen LogP contribution in [0.15, 0.2) is 24.3 Å². The fourth-order valence-electron chi connectivity index (χ4n) is 5.38. The largest absolute Gasteiger partial charge is 0.370 e. The Labute approximate surface area is 180 Å². The van der Waals surface area contributed by atoms with Crippen molar-refractivity contribution in [1.82, 2.24) is 4.90 Å². The molecule has 1 aromatic carbocycles. The molecule has 0 aromatic heterocycles. The van der Waals surface area contributed by atoms with Crippen LogP contribution >= 0.6 is 0 Å². The van der Waals surface area contributed by atoms with Crippen LogP contribution in [0.5, 0.6) is 0 Å². The second kappa shape index (κ2) is 9.95. The van der Waals surface area contributed by atoms with Crippen LogP contribution in [0.3, 0.4) is 0 Å². The number of nitrogens with zero attached hydrogens (tertiary/aromatic N) is 1. The summed E-state index contributed by atoms with van der Waals surface area (Å²) in [7, 11) is 0. The summed E-state index contributed by atoms with van der Waals surface area (Å²) in [5.41, 5.74) is 1.98. The molecule has 1 N–H and O–H groups in total. The van der Waals surface area contributed by atoms with E-state index in [1.165, 1.54) is 12.8 Å². The van der Waals surface area contributed by atoms with Crippen LogP contribution in [0.2, 0.25) is 0 Å². The van der Waals surface area contributed by atoms with Crippen LogP contribution in [-0.4, -0.2) is 35.9 Å². The van der Waals surface area contributed by atoms with Gasteiger partial charge in [-0.2, -0.15) is 0 Å². The summed E-state index contributed by atoms with van der Waals surface area (Å²) in [6.07, 6.45) is 10.5. The minimum atomic E-state index is 0.0541. The maximum Gasteiger partial charge on any atom is 0.225 e. The maximum absolute atomic E-state index is 12.8. The van der Waals surface area contributed by atoms with Crippen LogP contribution in [0.1, 0.15) is 82.8 Å². The summed E-state index contributed by atoms with van der Waals surface area (Å²) < 4.78 is 6.39. The van der Waals surface area contributed by atoms with Gasteiger partial charge in [-0.25, -0.2) is 0 Å². The lowest BCUT2D eigenvalue weighted by atomic mass is 9.90. The van der Waals surface area contributed by atoms with E-state index in [0.717, 1.165) is 69.3 Å². The Kier molecular flexibility index (Phi) is 7.08. The van der Waals surface area contributed by atoms with Crippen molar-refractivity contribution in [3.05, 3.63) is 29.8 Å². The van der Waals surface area contributed by atoms with Gasteiger partial charge in [0.05, 0.1) is 12.2 Å². The molecule has 2 amide bonds. The molecule has 0 radical (unpaired) electrons. The Morgan fingerprint density at radius 2 is 2.00 bits per heavy atom. The van der Waals surface area contributed by atoms with Gasteiger partial charge in [0.1, 0.15) is 0 Å². The standard InChI is InChI=1S/C25H36N2O3/c1-2-3-4-12-24(28)26-21-11-7-10-19(15-21)23-16-20-17-27(14-13-22(20)30-23)25(29)18-8-5-6-9-18/h7,10-11,15,18,20,22-23H,2-6,8-9,12-14,16-17H2,1H3,(H,26,28)/t20-,22+,23+/m1/s1. The lowest BCUT2D eigenvalue weighted by Gasteiger charge is -2.35. The number of fused-ring (bicyclic) bond motifs is 1. The number of hydrogen-bond donors (Lipinski definition) is 1. The van der Waals surface area contributed by atoms with E-state index in [1.54, 1.807) is 0 Å². The van der Waals surface area contributed by atoms with E-state index >= 15 is 0 Å². The first-order valence-corrected chi connectivity index (χ1v) is 12.0. The third-order valence-electron chi connectivity index (χ3n) is 7.09. The maximum atomic E-state index is 12.8. The van der Waals surface area contributed by atoms with Crippen LogP contribution < -0.4 is 5.32 Å². The zero-order valence-electron chi connectivity index (χ0n) is 18.3. The van der Waals surface area contributed by atoms with Gasteiger partial charge in [-0.05, 0) is 49.8 Å². The summed E-state index contributed by atoms with van der Waals surface area (Å²) in [6, 6.07) is 8.10. The Balaban J connectivity index is 1.33. The minimum absolute atomic E-state index is 0.0541. The van der Waals surface area contributed by atoms with E-state index in [0.29, 0.717) is 18.2 Å². The molecule has 164 valence electrons. The van der Waals surface area contributed by atoms with Crippen LogP contribution in [-0.2, 0) is 14.3 Å². The number of amides is 2. The van der Waals surface area contributed by atoms with Gasteiger partial charge >= 0.3 is 0 Å². The summed E-state index contributed by atoms with van der Waals surface area (Å²) in [6.45, 7) is 3.81. The SMILES string of the molecule is CCCCCC(=O)Nc1cccc([C@@H]2C[C@@H]3CN(C(=O)C4CCCC4)CC[C@@H]3O2)c1. The number of anilines is 1. The number of carbonyl (C=O) groups excluding carboxylic acids is 2. The Morgan fingerprint density at radius 1 is 1.17 bits per heavy atom. The summed E-state index contributed by atoms with van der Waals surface area (Å²) in [5.74, 6) is 1.14. The molecule has 1 aromatic rings. The number of hydrogen-bond acceptors (Lipinski definition) is 3. The van der Waals surface area contributed by atoms with E-state index in [9.17, 15) is 9.59 Å². The fraction of sp³-hybridized carbons (Fsp3) is 0.680. The zero-order chi connectivity index (χ0) is 20.9. The van der Waals surface area contributed by atoms with E-state index < -0.39 is 0 Å². The smallest absolute Gasteiger partial charge is 0.225 e. The Hall–Kier alpha value is -1.88. The van der Waals surface area contributed by atoms with E-state index in [2.05, 4.69) is 29.3 Å². The predicted molar refractivity (Wildman–Crippen MR) is 118 cm³/mol. The Bertz CT molecular complexity index is 744. The molecule has 2 aliphatic heterocycles. The number of piperidine rings is 1. The highest BCUT2D eigenvalue weighted by Crippen LogP contribution is 2.42. The second-order valence-electron chi connectivity index (χ2n) is 9.34. The van der Waals surface area contributed by atoms with Crippen molar-refractivity contribution < 1.29 is 14.3 Å². The molecular formula is C25H36N2O3. The number of carbonyl (C=O) groups is 2. The number of nitrogens with one attached hydrogen (secondary N) is 1. The summed E-state index contributed by atoms with van der Waals surface area (Å²) in [4.78, 5) is 27.1. The molecule has 1 aliphatic carbocycles. The van der Waals surface area contributed by atoms with Crippen molar-refractivity contribution in [2.75, 3.05) is 18.4 Å². The highest BCUT2D eigenvalue weighted by molar-refractivity contribution is 5.90. The zero-order valence-corrected chi connectivity index (χ0v) is 18.3. The molecule has 0 spiro atoms. The number of ether oxygens (including phenoxy) is 1. The molecule has 30 heavy (non-hydrogen) atoms.